The van der Waals surface area contributed by atoms with Crippen molar-refractivity contribution in [2.75, 3.05) is 11.9 Å². The molecule has 6 heteroatoms. The Morgan fingerprint density at radius 2 is 2.13 bits per heavy atom. The van der Waals surface area contributed by atoms with Crippen molar-refractivity contribution in [1.29, 1.82) is 0 Å². The number of nitrogens with one attached hydrogen (secondary N) is 1. The number of rotatable bonds is 5. The number of hydrogen-bond donors (Lipinski definition) is 1. The number of imidazole rings is 1. The van der Waals surface area contributed by atoms with Crippen LogP contribution < -0.4 is 10.1 Å². The molecule has 1 N–H and O–H groups in total. The van der Waals surface area contributed by atoms with E-state index in [0.717, 1.165) is 0 Å². The van der Waals surface area contributed by atoms with Gasteiger partial charge in [-0.15, -0.1) is 0 Å². The van der Waals surface area contributed by atoms with Crippen molar-refractivity contribution in [2.45, 2.75) is 6.92 Å². The van der Waals surface area contributed by atoms with E-state index in [1.54, 1.807) is 41.5 Å². The summed E-state index contributed by atoms with van der Waals surface area (Å²) in [7, 11) is 0. The van der Waals surface area contributed by atoms with Crippen LogP contribution in [-0.2, 0) is 0 Å². The molecule has 2 heterocycles. The summed E-state index contributed by atoms with van der Waals surface area (Å²) in [6.45, 7) is 2.44. The maximum absolute atomic E-state index is 12.3. The van der Waals surface area contributed by atoms with Crippen LogP contribution in [-0.4, -0.2) is 27.0 Å². The van der Waals surface area contributed by atoms with Crippen molar-refractivity contribution in [3.05, 3.63) is 66.9 Å². The standard InChI is InChI=1S/C17H16N4O2/c1-2-23-15-6-4-3-5-14(15)20-17(22)13-7-8-16(19-11-13)21-10-9-18-12-21/h3-12H,2H2,1H3,(H,20,22). The molecule has 0 fully saturated rings. The van der Waals surface area contributed by atoms with E-state index in [0.29, 0.717) is 29.4 Å². The van der Waals surface area contributed by atoms with E-state index in [9.17, 15) is 4.79 Å². The molecule has 3 rings (SSSR count). The summed E-state index contributed by atoms with van der Waals surface area (Å²) < 4.78 is 7.27. The summed E-state index contributed by atoms with van der Waals surface area (Å²) in [4.78, 5) is 20.6. The first-order valence-corrected chi connectivity index (χ1v) is 7.25. The van der Waals surface area contributed by atoms with Gasteiger partial charge >= 0.3 is 0 Å². The molecule has 1 amide bonds. The van der Waals surface area contributed by atoms with Gasteiger partial charge in [0, 0.05) is 18.6 Å². The maximum atomic E-state index is 12.3. The van der Waals surface area contributed by atoms with Crippen LogP contribution in [0.15, 0.2) is 61.3 Å². The third-order valence-electron chi connectivity index (χ3n) is 3.21. The van der Waals surface area contributed by atoms with Gasteiger partial charge in [-0.3, -0.25) is 9.36 Å². The fourth-order valence-electron chi connectivity index (χ4n) is 2.11. The third-order valence-corrected chi connectivity index (χ3v) is 3.21. The minimum Gasteiger partial charge on any atom is -0.492 e. The molecule has 0 saturated heterocycles. The molecular formula is C17H16N4O2. The molecule has 0 aliphatic heterocycles. The molecule has 0 radical (unpaired) electrons. The topological polar surface area (TPSA) is 69.0 Å². The Morgan fingerprint density at radius 3 is 2.83 bits per heavy atom. The number of carbonyl (C=O) groups excluding carboxylic acids is 1. The van der Waals surface area contributed by atoms with Crippen LogP contribution in [0.4, 0.5) is 5.69 Å². The van der Waals surface area contributed by atoms with E-state index >= 15 is 0 Å². The second-order valence-electron chi connectivity index (χ2n) is 4.76. The van der Waals surface area contributed by atoms with Gasteiger partial charge < -0.3 is 10.1 Å². The Bertz CT molecular complexity index is 783. The Morgan fingerprint density at radius 1 is 1.26 bits per heavy atom. The van der Waals surface area contributed by atoms with E-state index < -0.39 is 0 Å². The van der Waals surface area contributed by atoms with E-state index in [4.69, 9.17) is 4.74 Å². The number of hydrogen-bond acceptors (Lipinski definition) is 4. The SMILES string of the molecule is CCOc1ccccc1NC(=O)c1ccc(-n2ccnc2)nc1. The molecule has 0 aliphatic carbocycles. The highest BCUT2D eigenvalue weighted by molar-refractivity contribution is 6.04. The zero-order valence-corrected chi connectivity index (χ0v) is 12.6. The summed E-state index contributed by atoms with van der Waals surface area (Å²) in [6, 6.07) is 10.8. The third kappa shape index (κ3) is 3.37. The predicted octanol–water partition coefficient (Wildman–Crippen LogP) is 2.92. The molecule has 0 aliphatic rings. The lowest BCUT2D eigenvalue weighted by Gasteiger charge is -2.11. The van der Waals surface area contributed by atoms with Gasteiger partial charge in [0.2, 0.25) is 0 Å². The largest absolute Gasteiger partial charge is 0.492 e. The van der Waals surface area contributed by atoms with Gasteiger partial charge in [-0.2, -0.15) is 0 Å². The molecule has 6 nitrogen and oxygen atoms in total. The van der Waals surface area contributed by atoms with Crippen LogP contribution in [0, 0.1) is 0 Å². The molecular weight excluding hydrogens is 292 g/mol. The lowest BCUT2D eigenvalue weighted by atomic mass is 10.2. The molecule has 0 atom stereocenters. The number of benzene rings is 1. The zero-order chi connectivity index (χ0) is 16.1. The summed E-state index contributed by atoms with van der Waals surface area (Å²) in [5.41, 5.74) is 1.11. The van der Waals surface area contributed by atoms with Gasteiger partial charge in [0.15, 0.2) is 0 Å². The number of anilines is 1. The number of amides is 1. The smallest absolute Gasteiger partial charge is 0.257 e. The number of ether oxygens (including phenoxy) is 1. The maximum Gasteiger partial charge on any atom is 0.257 e. The second kappa shape index (κ2) is 6.74. The summed E-state index contributed by atoms with van der Waals surface area (Å²) in [6.07, 6.45) is 6.65. The van der Waals surface area contributed by atoms with Crippen molar-refractivity contribution in [1.82, 2.24) is 14.5 Å². The highest BCUT2D eigenvalue weighted by Gasteiger charge is 2.10. The van der Waals surface area contributed by atoms with Crippen LogP contribution in [0.25, 0.3) is 5.82 Å². The second-order valence-corrected chi connectivity index (χ2v) is 4.76. The van der Waals surface area contributed by atoms with Crippen LogP contribution in [0.2, 0.25) is 0 Å². The fraction of sp³-hybridized carbons (Fsp3) is 0.118. The first-order valence-electron chi connectivity index (χ1n) is 7.25. The van der Waals surface area contributed by atoms with Crippen molar-refractivity contribution < 1.29 is 9.53 Å². The average Bonchev–Trinajstić information content (AvgIpc) is 3.11. The predicted molar refractivity (Wildman–Crippen MR) is 86.9 cm³/mol. The molecule has 1 aromatic carbocycles. The van der Waals surface area contributed by atoms with Crippen molar-refractivity contribution in [3.8, 4) is 11.6 Å². The first kappa shape index (κ1) is 14.8. The minimum absolute atomic E-state index is 0.234. The van der Waals surface area contributed by atoms with E-state index in [1.165, 1.54) is 6.20 Å². The molecule has 0 unspecified atom stereocenters. The summed E-state index contributed by atoms with van der Waals surface area (Å²) in [5, 5.41) is 2.84. The van der Waals surface area contributed by atoms with E-state index in [2.05, 4.69) is 15.3 Å². The quantitative estimate of drug-likeness (QED) is 0.787. The van der Waals surface area contributed by atoms with Crippen molar-refractivity contribution in [2.24, 2.45) is 0 Å². The van der Waals surface area contributed by atoms with Crippen molar-refractivity contribution in [3.63, 3.8) is 0 Å². The molecule has 23 heavy (non-hydrogen) atoms. The highest BCUT2D eigenvalue weighted by atomic mass is 16.5. The normalized spacial score (nSPS) is 10.3. The highest BCUT2D eigenvalue weighted by Crippen LogP contribution is 2.24. The Kier molecular flexibility index (Phi) is 4.33. The Labute approximate surface area is 133 Å². The molecule has 0 spiro atoms. The number of pyridine rings is 1. The Balaban J connectivity index is 1.76. The van der Waals surface area contributed by atoms with Gasteiger partial charge in [-0.25, -0.2) is 9.97 Å². The van der Waals surface area contributed by atoms with Crippen LogP contribution in [0.5, 0.6) is 5.75 Å². The lowest BCUT2D eigenvalue weighted by Crippen LogP contribution is -2.13. The zero-order valence-electron chi connectivity index (χ0n) is 12.6. The fourth-order valence-corrected chi connectivity index (χ4v) is 2.11. The summed E-state index contributed by atoms with van der Waals surface area (Å²) >= 11 is 0. The summed E-state index contributed by atoms with van der Waals surface area (Å²) in [5.74, 6) is 1.11. The Hall–Kier alpha value is -3.15. The average molecular weight is 308 g/mol. The van der Waals surface area contributed by atoms with Gasteiger partial charge in [0.1, 0.15) is 17.9 Å². The molecule has 0 saturated carbocycles. The van der Waals surface area contributed by atoms with Crippen LogP contribution in [0.1, 0.15) is 17.3 Å². The van der Waals surface area contributed by atoms with Gasteiger partial charge in [0.25, 0.3) is 5.91 Å². The minimum atomic E-state index is -0.234. The molecule has 0 bridgehead atoms. The van der Waals surface area contributed by atoms with Gasteiger partial charge in [0.05, 0.1) is 17.9 Å². The molecule has 116 valence electrons. The van der Waals surface area contributed by atoms with Crippen LogP contribution >= 0.6 is 0 Å². The molecule has 2 aromatic heterocycles. The van der Waals surface area contributed by atoms with E-state index in [1.807, 2.05) is 25.1 Å². The lowest BCUT2D eigenvalue weighted by molar-refractivity contribution is 0.102. The monoisotopic (exact) mass is 308 g/mol. The number of para-hydroxylation sites is 2. The van der Waals surface area contributed by atoms with E-state index in [-0.39, 0.29) is 5.91 Å². The number of carbonyl (C=O) groups is 1. The number of aromatic nitrogens is 3. The van der Waals surface area contributed by atoms with Crippen LogP contribution in [0.3, 0.4) is 0 Å². The van der Waals surface area contributed by atoms with Crippen molar-refractivity contribution >= 4 is 11.6 Å². The van der Waals surface area contributed by atoms with Gasteiger partial charge in [-0.05, 0) is 31.2 Å². The molecule has 3 aromatic rings. The first-order chi connectivity index (χ1) is 11.3. The number of nitrogens with zero attached hydrogens (tertiary/aromatic N) is 3. The van der Waals surface area contributed by atoms with Gasteiger partial charge in [-0.1, -0.05) is 12.1 Å².